The van der Waals surface area contributed by atoms with Crippen LogP contribution in [0.3, 0.4) is 0 Å². The van der Waals surface area contributed by atoms with Gasteiger partial charge in [0.05, 0.1) is 0 Å². The number of rotatable bonds is 0. The van der Waals surface area contributed by atoms with Gasteiger partial charge < -0.3 is 0 Å². The van der Waals surface area contributed by atoms with E-state index in [1.807, 2.05) is 0 Å². The third-order valence-electron chi connectivity index (χ3n) is 0.433. The first kappa shape index (κ1) is 6.88. The molecule has 0 atom stereocenters. The molecule has 0 aromatic carbocycles. The predicted octanol–water partition coefficient (Wildman–Crippen LogP) is 1.26. The van der Waals surface area contributed by atoms with Gasteiger partial charge in [0, 0.05) is 0 Å². The van der Waals surface area contributed by atoms with E-state index in [2.05, 4.69) is 20.8 Å². The zero-order valence-corrected chi connectivity index (χ0v) is 8.65. The van der Waals surface area contributed by atoms with Crippen molar-refractivity contribution in [1.82, 2.24) is 0 Å². The summed E-state index contributed by atoms with van der Waals surface area (Å²) in [4.78, 5) is 0. The van der Waals surface area contributed by atoms with Crippen molar-refractivity contribution in [2.24, 2.45) is 0 Å². The predicted molar refractivity (Wildman–Crippen MR) is 20.8 cm³/mol. The van der Waals surface area contributed by atoms with Crippen LogP contribution in [-0.4, -0.2) is 5.60 Å². The zero-order chi connectivity index (χ0) is 5.21. The van der Waals surface area contributed by atoms with E-state index in [0.717, 1.165) is 0 Å². The van der Waals surface area contributed by atoms with E-state index in [0.29, 0.717) is 26.2 Å². The average molecular weight is 186 g/mol. The summed E-state index contributed by atoms with van der Waals surface area (Å²) in [7, 11) is 0. The van der Waals surface area contributed by atoms with Crippen molar-refractivity contribution in [2.45, 2.75) is 26.4 Å². The monoisotopic (exact) mass is 187 g/mol. The molecule has 0 aliphatic heterocycles. The van der Waals surface area contributed by atoms with Crippen LogP contribution < -0.4 is 0 Å². The Kier molecular flexibility index (Phi) is 2.59. The summed E-state index contributed by atoms with van der Waals surface area (Å²) in [6, 6.07) is 0. The van der Waals surface area contributed by atoms with Crippen LogP contribution in [0.2, 0.25) is 0 Å². The quantitative estimate of drug-likeness (QED) is 0.517. The topological polar surface area (TPSA) is 9.23 Å². The molecule has 0 fully saturated rings. The molecule has 0 N–H and O–H groups in total. The summed E-state index contributed by atoms with van der Waals surface area (Å²) in [5.41, 5.74) is 0.117. The van der Waals surface area contributed by atoms with Crippen LogP contribution in [0.15, 0.2) is 0 Å². The first-order chi connectivity index (χ1) is 2.56. The van der Waals surface area contributed by atoms with Crippen molar-refractivity contribution in [3.63, 3.8) is 0 Å². The molecular weight excluding hydrogens is 176 g/mol. The van der Waals surface area contributed by atoms with Crippen molar-refractivity contribution in [3.05, 3.63) is 0 Å². The molecule has 0 saturated heterocycles. The molecule has 6 heavy (non-hydrogen) atoms. The fourth-order valence-electron chi connectivity index (χ4n) is 0. The van der Waals surface area contributed by atoms with E-state index >= 15 is 0 Å². The van der Waals surface area contributed by atoms with E-state index in [9.17, 15) is 0 Å². The molecule has 0 amide bonds. The van der Waals surface area contributed by atoms with Crippen LogP contribution in [0.5, 0.6) is 0 Å². The summed E-state index contributed by atoms with van der Waals surface area (Å²) >= 11 is 0.655. The molecule has 0 rings (SSSR count). The van der Waals surface area contributed by atoms with Gasteiger partial charge >= 0.3 is 55.3 Å². The van der Waals surface area contributed by atoms with Crippen LogP contribution in [0.25, 0.3) is 0 Å². The van der Waals surface area contributed by atoms with Crippen LogP contribution in [0, 0.1) is 0 Å². The fraction of sp³-hybridized carbons (Fsp3) is 1.00. The molecule has 1 nitrogen and oxygen atoms in total. The number of hydrogen-bond donors (Lipinski definition) is 0. The zero-order valence-electron chi connectivity index (χ0n) is 4.62. The standard InChI is InChI=1S/C4H9O.Cd/c1-4(2,3)5;/h1-3H3;/q-1;+1. The Morgan fingerprint density at radius 1 is 1.33 bits per heavy atom. The van der Waals surface area contributed by atoms with Gasteiger partial charge in [0.2, 0.25) is 0 Å². The van der Waals surface area contributed by atoms with Gasteiger partial charge in [-0.05, 0) is 0 Å². The maximum absolute atomic E-state index is 5.11. The average Bonchev–Trinajstić information content (AvgIpc) is 1.35. The van der Waals surface area contributed by atoms with Crippen LogP contribution in [0.4, 0.5) is 0 Å². The molecule has 0 saturated carbocycles. The third kappa shape index (κ3) is 4.88. The Balaban J connectivity index is 3.17. The molecule has 0 bridgehead atoms. The Hall–Kier alpha value is 0.882. The minimum atomic E-state index is 0.117. The summed E-state index contributed by atoms with van der Waals surface area (Å²) in [6.45, 7) is 6.19. The summed E-state index contributed by atoms with van der Waals surface area (Å²) in [6.07, 6.45) is 0. The molecule has 0 aromatic rings. The van der Waals surface area contributed by atoms with Crippen LogP contribution in [0.1, 0.15) is 20.8 Å². The van der Waals surface area contributed by atoms with E-state index in [-0.39, 0.29) is 5.60 Å². The third-order valence-corrected chi connectivity index (χ3v) is 2.90. The van der Waals surface area contributed by atoms with Gasteiger partial charge in [0.25, 0.3) is 0 Å². The number of hydrogen-bond acceptors (Lipinski definition) is 1. The molecule has 0 heterocycles. The molecule has 2 heteroatoms. The second-order valence-corrected chi connectivity index (χ2v) is 3.08. The normalized spacial score (nSPS) is 12.2. The van der Waals surface area contributed by atoms with E-state index in [1.165, 1.54) is 0 Å². The molecular formula is C4H9CdO. The van der Waals surface area contributed by atoms with E-state index < -0.39 is 0 Å². The maximum atomic E-state index is 5.11. The Bertz CT molecular complexity index is 37.3. The van der Waals surface area contributed by atoms with Gasteiger partial charge in [-0.15, -0.1) is 0 Å². The Morgan fingerprint density at radius 2 is 1.50 bits per heavy atom. The van der Waals surface area contributed by atoms with Gasteiger partial charge in [-0.3, -0.25) is 0 Å². The second kappa shape index (κ2) is 2.26. The molecule has 33 valence electrons. The summed E-state index contributed by atoms with van der Waals surface area (Å²) in [5.74, 6) is 0. The van der Waals surface area contributed by atoms with Gasteiger partial charge in [0.15, 0.2) is 0 Å². The van der Waals surface area contributed by atoms with Crippen molar-refractivity contribution in [1.29, 1.82) is 0 Å². The van der Waals surface area contributed by atoms with Gasteiger partial charge in [-0.1, -0.05) is 0 Å². The van der Waals surface area contributed by atoms with Crippen LogP contribution >= 0.6 is 0 Å². The molecule has 0 radical (unpaired) electrons. The molecule has 0 spiro atoms. The Morgan fingerprint density at radius 3 is 1.50 bits per heavy atom. The summed E-state index contributed by atoms with van der Waals surface area (Å²) < 4.78 is 5.11. The van der Waals surface area contributed by atoms with Gasteiger partial charge in [-0.25, -0.2) is 0 Å². The first-order valence-electron chi connectivity index (χ1n) is 1.99. The van der Waals surface area contributed by atoms with Crippen molar-refractivity contribution >= 4 is 0 Å². The van der Waals surface area contributed by atoms with Gasteiger partial charge in [-0.2, -0.15) is 0 Å². The molecule has 0 aliphatic rings. The molecule has 0 aromatic heterocycles. The summed E-state index contributed by atoms with van der Waals surface area (Å²) in [5, 5.41) is 0. The minimum absolute atomic E-state index is 0.117. The molecule has 0 unspecified atom stereocenters. The van der Waals surface area contributed by atoms with E-state index in [1.54, 1.807) is 0 Å². The molecule has 0 aliphatic carbocycles. The van der Waals surface area contributed by atoms with Gasteiger partial charge in [0.1, 0.15) is 0 Å². The first-order valence-corrected chi connectivity index (χ1v) is 3.64. The Labute approximate surface area is 55.4 Å². The van der Waals surface area contributed by atoms with Crippen molar-refractivity contribution < 1.29 is 28.9 Å². The van der Waals surface area contributed by atoms with Crippen molar-refractivity contribution in [3.8, 4) is 0 Å². The SMILES string of the molecule is CC(C)(C)[O][Cd]. The fourth-order valence-corrected chi connectivity index (χ4v) is 0. The second-order valence-electron chi connectivity index (χ2n) is 2.26. The van der Waals surface area contributed by atoms with Crippen molar-refractivity contribution in [2.75, 3.05) is 0 Å². The van der Waals surface area contributed by atoms with Crippen LogP contribution in [-0.2, 0) is 28.9 Å². The van der Waals surface area contributed by atoms with E-state index in [4.69, 9.17) is 2.69 Å².